The van der Waals surface area contributed by atoms with Crippen molar-refractivity contribution in [3.05, 3.63) is 17.7 Å². The maximum absolute atomic E-state index is 5.90. The van der Waals surface area contributed by atoms with Gasteiger partial charge in [-0.2, -0.15) is 12.6 Å². The van der Waals surface area contributed by atoms with Crippen LogP contribution in [0.1, 0.15) is 11.6 Å². The second kappa shape index (κ2) is 5.86. The molecule has 90 valence electrons. The number of ether oxygens (including phenoxy) is 3. The van der Waals surface area contributed by atoms with Crippen LogP contribution in [0.2, 0.25) is 0 Å². The van der Waals surface area contributed by atoms with Crippen molar-refractivity contribution >= 4 is 12.6 Å². The van der Waals surface area contributed by atoms with Gasteiger partial charge in [0.2, 0.25) is 5.75 Å². The normalized spacial score (nSPS) is 12.1. The lowest BCUT2D eigenvalue weighted by Gasteiger charge is -2.16. The number of hydrogen-bond acceptors (Lipinski definition) is 5. The van der Waals surface area contributed by atoms with Gasteiger partial charge < -0.3 is 19.9 Å². The Bertz CT molecular complexity index is 332. The van der Waals surface area contributed by atoms with Crippen LogP contribution in [0.5, 0.6) is 17.2 Å². The number of rotatable bonds is 5. The van der Waals surface area contributed by atoms with Crippen molar-refractivity contribution < 1.29 is 14.2 Å². The first-order chi connectivity index (χ1) is 7.67. The zero-order valence-electron chi connectivity index (χ0n) is 9.69. The molecule has 0 aliphatic heterocycles. The first kappa shape index (κ1) is 13.0. The molecule has 1 aromatic rings. The summed E-state index contributed by atoms with van der Waals surface area (Å²) in [6.45, 7) is 0. The highest BCUT2D eigenvalue weighted by Gasteiger charge is 2.15. The molecular weight excluding hydrogens is 226 g/mol. The third-order valence-corrected chi connectivity index (χ3v) is 2.71. The van der Waals surface area contributed by atoms with Crippen LogP contribution >= 0.6 is 12.6 Å². The Labute approximate surface area is 101 Å². The van der Waals surface area contributed by atoms with Crippen molar-refractivity contribution in [2.75, 3.05) is 27.1 Å². The molecule has 1 aromatic carbocycles. The van der Waals surface area contributed by atoms with Gasteiger partial charge in [-0.3, -0.25) is 0 Å². The van der Waals surface area contributed by atoms with Gasteiger partial charge in [0.05, 0.1) is 21.3 Å². The van der Waals surface area contributed by atoms with Crippen molar-refractivity contribution in [2.24, 2.45) is 5.73 Å². The van der Waals surface area contributed by atoms with Crippen molar-refractivity contribution in [3.8, 4) is 17.2 Å². The molecule has 1 unspecified atom stereocenters. The first-order valence-electron chi connectivity index (χ1n) is 4.84. The van der Waals surface area contributed by atoms with Crippen LogP contribution in [0.15, 0.2) is 12.1 Å². The molecule has 0 bridgehead atoms. The molecule has 1 atom stereocenters. The Morgan fingerprint density at radius 1 is 1.12 bits per heavy atom. The number of thiol groups is 1. The molecule has 0 radical (unpaired) electrons. The van der Waals surface area contributed by atoms with E-state index in [0.717, 1.165) is 5.56 Å². The van der Waals surface area contributed by atoms with Crippen molar-refractivity contribution in [1.82, 2.24) is 0 Å². The van der Waals surface area contributed by atoms with E-state index in [9.17, 15) is 0 Å². The SMILES string of the molecule is COc1cc(C(N)CS)cc(OC)c1OC. The zero-order chi connectivity index (χ0) is 12.1. The van der Waals surface area contributed by atoms with Gasteiger partial charge >= 0.3 is 0 Å². The molecule has 16 heavy (non-hydrogen) atoms. The van der Waals surface area contributed by atoms with E-state index in [-0.39, 0.29) is 6.04 Å². The summed E-state index contributed by atoms with van der Waals surface area (Å²) in [6.07, 6.45) is 0. The van der Waals surface area contributed by atoms with Crippen molar-refractivity contribution in [1.29, 1.82) is 0 Å². The third-order valence-electron chi connectivity index (χ3n) is 2.31. The largest absolute Gasteiger partial charge is 0.493 e. The van der Waals surface area contributed by atoms with Crippen LogP contribution < -0.4 is 19.9 Å². The molecular formula is C11H17NO3S. The maximum atomic E-state index is 5.90. The second-order valence-electron chi connectivity index (χ2n) is 3.25. The van der Waals surface area contributed by atoms with Crippen molar-refractivity contribution in [2.45, 2.75) is 6.04 Å². The maximum Gasteiger partial charge on any atom is 0.203 e. The quantitative estimate of drug-likeness (QED) is 0.772. The lowest BCUT2D eigenvalue weighted by Crippen LogP contribution is -2.12. The fourth-order valence-electron chi connectivity index (χ4n) is 1.42. The second-order valence-corrected chi connectivity index (χ2v) is 3.61. The van der Waals surface area contributed by atoms with Gasteiger partial charge in [-0.1, -0.05) is 0 Å². The van der Waals surface area contributed by atoms with E-state index in [1.165, 1.54) is 0 Å². The van der Waals surface area contributed by atoms with Gasteiger partial charge in [-0.15, -0.1) is 0 Å². The van der Waals surface area contributed by atoms with Gasteiger partial charge in [0.15, 0.2) is 11.5 Å². The van der Waals surface area contributed by atoms with Gasteiger partial charge in [0.1, 0.15) is 0 Å². The molecule has 0 heterocycles. The molecule has 0 spiro atoms. The van der Waals surface area contributed by atoms with E-state index >= 15 is 0 Å². The van der Waals surface area contributed by atoms with Crippen molar-refractivity contribution in [3.63, 3.8) is 0 Å². The standard InChI is InChI=1S/C11H17NO3S/c1-13-9-4-7(8(12)6-16)5-10(14-2)11(9)15-3/h4-5,8,16H,6,12H2,1-3H3. The summed E-state index contributed by atoms with van der Waals surface area (Å²) in [5.41, 5.74) is 6.81. The number of methoxy groups -OCH3 is 3. The molecule has 2 N–H and O–H groups in total. The summed E-state index contributed by atoms with van der Waals surface area (Å²) in [5.74, 6) is 2.34. The van der Waals surface area contributed by atoms with Gasteiger partial charge in [0, 0.05) is 11.8 Å². The van der Waals surface area contributed by atoms with E-state index in [0.29, 0.717) is 23.0 Å². The first-order valence-corrected chi connectivity index (χ1v) is 5.47. The van der Waals surface area contributed by atoms with Gasteiger partial charge in [-0.25, -0.2) is 0 Å². The zero-order valence-corrected chi connectivity index (χ0v) is 10.6. The van der Waals surface area contributed by atoms with E-state index in [1.54, 1.807) is 21.3 Å². The molecule has 0 aliphatic rings. The van der Waals surface area contributed by atoms with Crippen LogP contribution in [0, 0.1) is 0 Å². The minimum Gasteiger partial charge on any atom is -0.493 e. The molecule has 1 rings (SSSR count). The fraction of sp³-hybridized carbons (Fsp3) is 0.455. The van der Waals surface area contributed by atoms with Crippen LogP contribution in [-0.2, 0) is 0 Å². The van der Waals surface area contributed by atoms with E-state index in [1.807, 2.05) is 12.1 Å². The summed E-state index contributed by atoms with van der Waals surface area (Å²) in [4.78, 5) is 0. The monoisotopic (exact) mass is 243 g/mol. The highest BCUT2D eigenvalue weighted by atomic mass is 32.1. The van der Waals surface area contributed by atoms with E-state index in [2.05, 4.69) is 12.6 Å². The number of benzene rings is 1. The molecule has 0 aliphatic carbocycles. The van der Waals surface area contributed by atoms with Crippen LogP contribution in [-0.4, -0.2) is 27.1 Å². The average molecular weight is 243 g/mol. The molecule has 0 amide bonds. The molecule has 0 fully saturated rings. The Morgan fingerprint density at radius 3 is 1.94 bits per heavy atom. The predicted octanol–water partition coefficient (Wildman–Crippen LogP) is 1.64. The fourth-order valence-corrected chi connectivity index (χ4v) is 1.63. The van der Waals surface area contributed by atoms with E-state index in [4.69, 9.17) is 19.9 Å². The lowest BCUT2D eigenvalue weighted by molar-refractivity contribution is 0.323. The lowest BCUT2D eigenvalue weighted by atomic mass is 10.1. The Balaban J connectivity index is 3.25. The van der Waals surface area contributed by atoms with Crippen LogP contribution in [0.25, 0.3) is 0 Å². The van der Waals surface area contributed by atoms with Gasteiger partial charge in [-0.05, 0) is 17.7 Å². The summed E-state index contributed by atoms with van der Waals surface area (Å²) < 4.78 is 15.7. The van der Waals surface area contributed by atoms with Crippen LogP contribution in [0.3, 0.4) is 0 Å². The average Bonchev–Trinajstić information content (AvgIpc) is 2.35. The Kier molecular flexibility index (Phi) is 4.76. The molecule has 0 aromatic heterocycles. The molecule has 0 saturated carbocycles. The summed E-state index contributed by atoms with van der Waals surface area (Å²) in [7, 11) is 4.72. The number of nitrogens with two attached hydrogens (primary N) is 1. The highest BCUT2D eigenvalue weighted by molar-refractivity contribution is 7.80. The van der Waals surface area contributed by atoms with E-state index < -0.39 is 0 Å². The minimum atomic E-state index is -0.156. The molecule has 5 heteroatoms. The van der Waals surface area contributed by atoms with Crippen LogP contribution in [0.4, 0.5) is 0 Å². The highest BCUT2D eigenvalue weighted by Crippen LogP contribution is 2.39. The van der Waals surface area contributed by atoms with Gasteiger partial charge in [0.25, 0.3) is 0 Å². The molecule has 4 nitrogen and oxygen atoms in total. The minimum absolute atomic E-state index is 0.156. The summed E-state index contributed by atoms with van der Waals surface area (Å²) >= 11 is 4.16. The predicted molar refractivity (Wildman–Crippen MR) is 66.9 cm³/mol. The Hall–Kier alpha value is -1.07. The topological polar surface area (TPSA) is 53.7 Å². The number of hydrogen-bond donors (Lipinski definition) is 2. The Morgan fingerprint density at radius 2 is 1.62 bits per heavy atom. The summed E-state index contributed by atoms with van der Waals surface area (Å²) in [6, 6.07) is 3.52. The summed E-state index contributed by atoms with van der Waals surface area (Å²) in [5, 5.41) is 0. The smallest absolute Gasteiger partial charge is 0.203 e. The molecule has 0 saturated heterocycles. The third kappa shape index (κ3) is 2.54.